The van der Waals surface area contributed by atoms with Gasteiger partial charge in [0.1, 0.15) is 11.6 Å². The van der Waals surface area contributed by atoms with E-state index in [1.165, 1.54) is 6.42 Å². The molecule has 4 fully saturated rings. The van der Waals surface area contributed by atoms with Crippen molar-refractivity contribution in [1.82, 2.24) is 15.5 Å². The fraction of sp³-hybridized carbons (Fsp3) is 0.577. The highest BCUT2D eigenvalue weighted by Crippen LogP contribution is 2.55. The molecule has 6 rings (SSSR count). The van der Waals surface area contributed by atoms with Crippen molar-refractivity contribution in [3.05, 3.63) is 48.0 Å². The van der Waals surface area contributed by atoms with Crippen LogP contribution in [0.3, 0.4) is 0 Å². The quantitative estimate of drug-likeness (QED) is 0.651. The van der Waals surface area contributed by atoms with E-state index in [0.717, 1.165) is 44.1 Å². The SMILES string of the molecule is O=C(NC1CC1)[C@@H]1[C@H]2C=C[C@@]3(O2)[C@H]1C(=O)N(Cc1ccccc1)[C@@H]3C(=O)NC1CCCCC1. The Kier molecular flexibility index (Phi) is 5.05. The minimum Gasteiger partial charge on any atom is -0.359 e. The Balaban J connectivity index is 1.33. The molecule has 3 aliphatic heterocycles. The number of nitrogens with one attached hydrogen (secondary N) is 2. The van der Waals surface area contributed by atoms with Crippen LogP contribution in [0.1, 0.15) is 50.5 Å². The van der Waals surface area contributed by atoms with Gasteiger partial charge in [0, 0.05) is 18.6 Å². The summed E-state index contributed by atoms with van der Waals surface area (Å²) in [5.74, 6) is -1.71. The number of fused-ring (bicyclic) bond motifs is 1. The lowest BCUT2D eigenvalue weighted by Gasteiger charge is -2.34. The van der Waals surface area contributed by atoms with Crippen molar-refractivity contribution in [3.63, 3.8) is 0 Å². The number of carbonyl (C=O) groups excluding carboxylic acids is 3. The topological polar surface area (TPSA) is 87.7 Å². The molecule has 0 radical (unpaired) electrons. The van der Waals surface area contributed by atoms with E-state index in [9.17, 15) is 14.4 Å². The van der Waals surface area contributed by atoms with Crippen LogP contribution in [0.2, 0.25) is 0 Å². The first-order valence-electron chi connectivity index (χ1n) is 12.4. The smallest absolute Gasteiger partial charge is 0.246 e. The monoisotopic (exact) mass is 449 g/mol. The maximum atomic E-state index is 13.9. The van der Waals surface area contributed by atoms with Crippen molar-refractivity contribution in [2.24, 2.45) is 11.8 Å². The summed E-state index contributed by atoms with van der Waals surface area (Å²) in [6.07, 6.45) is 10.6. The van der Waals surface area contributed by atoms with Gasteiger partial charge in [0.05, 0.1) is 17.9 Å². The van der Waals surface area contributed by atoms with Crippen LogP contribution >= 0.6 is 0 Å². The Hall–Kier alpha value is -2.67. The molecule has 3 heterocycles. The van der Waals surface area contributed by atoms with Crippen LogP contribution in [-0.4, -0.2) is 52.5 Å². The fourth-order valence-corrected chi connectivity index (χ4v) is 6.27. The van der Waals surface area contributed by atoms with Crippen LogP contribution in [0.4, 0.5) is 0 Å². The van der Waals surface area contributed by atoms with Gasteiger partial charge in [-0.15, -0.1) is 0 Å². The molecule has 0 unspecified atom stereocenters. The summed E-state index contributed by atoms with van der Waals surface area (Å²) in [4.78, 5) is 42.4. The predicted molar refractivity (Wildman–Crippen MR) is 121 cm³/mol. The largest absolute Gasteiger partial charge is 0.359 e. The van der Waals surface area contributed by atoms with E-state index in [2.05, 4.69) is 10.6 Å². The van der Waals surface area contributed by atoms with Gasteiger partial charge in [0.2, 0.25) is 17.7 Å². The molecule has 2 aliphatic carbocycles. The van der Waals surface area contributed by atoms with Gasteiger partial charge in [0.25, 0.3) is 0 Å². The highest BCUT2D eigenvalue weighted by atomic mass is 16.5. The maximum Gasteiger partial charge on any atom is 0.246 e. The highest BCUT2D eigenvalue weighted by molar-refractivity contribution is 6.00. The molecule has 2 N–H and O–H groups in total. The first-order valence-corrected chi connectivity index (χ1v) is 12.4. The van der Waals surface area contributed by atoms with Crippen LogP contribution in [0.15, 0.2) is 42.5 Å². The average molecular weight is 450 g/mol. The first kappa shape index (κ1) is 20.9. The normalized spacial score (nSPS) is 35.0. The summed E-state index contributed by atoms with van der Waals surface area (Å²) in [6.45, 7) is 0.319. The Labute approximate surface area is 193 Å². The number of hydrogen-bond donors (Lipinski definition) is 2. The fourth-order valence-electron chi connectivity index (χ4n) is 6.27. The molecule has 1 aromatic rings. The number of benzene rings is 1. The molecule has 174 valence electrons. The van der Waals surface area contributed by atoms with Crippen molar-refractivity contribution >= 4 is 17.7 Å². The number of rotatable bonds is 6. The summed E-state index contributed by atoms with van der Waals surface area (Å²) in [5, 5.41) is 6.29. The lowest BCUT2D eigenvalue weighted by atomic mass is 9.74. The Morgan fingerprint density at radius 2 is 1.67 bits per heavy atom. The summed E-state index contributed by atoms with van der Waals surface area (Å²) in [7, 11) is 0. The molecule has 2 saturated carbocycles. The molecule has 7 nitrogen and oxygen atoms in total. The molecule has 1 aromatic carbocycles. The minimum absolute atomic E-state index is 0.125. The summed E-state index contributed by atoms with van der Waals surface area (Å²) >= 11 is 0. The third-order valence-corrected chi connectivity index (χ3v) is 8.00. The van der Waals surface area contributed by atoms with Crippen molar-refractivity contribution in [2.45, 2.75) is 81.3 Å². The molecule has 5 aliphatic rings. The van der Waals surface area contributed by atoms with E-state index in [4.69, 9.17) is 4.74 Å². The third kappa shape index (κ3) is 3.48. The molecule has 0 aromatic heterocycles. The van der Waals surface area contributed by atoms with Crippen molar-refractivity contribution in [1.29, 1.82) is 0 Å². The minimum atomic E-state index is -1.08. The van der Waals surface area contributed by atoms with E-state index in [1.54, 1.807) is 4.90 Å². The second kappa shape index (κ2) is 7.97. The average Bonchev–Trinajstić information content (AvgIpc) is 3.37. The van der Waals surface area contributed by atoms with E-state index in [-0.39, 0.29) is 29.8 Å². The van der Waals surface area contributed by atoms with Gasteiger partial charge in [0.15, 0.2) is 0 Å². The number of carbonyl (C=O) groups is 3. The molecular weight excluding hydrogens is 418 g/mol. The van der Waals surface area contributed by atoms with Crippen LogP contribution in [0, 0.1) is 11.8 Å². The molecule has 3 amide bonds. The van der Waals surface area contributed by atoms with Gasteiger partial charge in [-0.2, -0.15) is 0 Å². The molecule has 7 heteroatoms. The molecule has 2 saturated heterocycles. The zero-order valence-corrected chi connectivity index (χ0v) is 18.7. The number of amides is 3. The lowest BCUT2D eigenvalue weighted by molar-refractivity contribution is -0.142. The highest BCUT2D eigenvalue weighted by Gasteiger charge is 2.72. The second-order valence-corrected chi connectivity index (χ2v) is 10.3. The number of nitrogens with zero attached hydrogens (tertiary/aromatic N) is 1. The number of ether oxygens (including phenoxy) is 1. The van der Waals surface area contributed by atoms with E-state index in [0.29, 0.717) is 6.54 Å². The lowest BCUT2D eigenvalue weighted by Crippen LogP contribution is -2.56. The molecule has 5 atom stereocenters. The van der Waals surface area contributed by atoms with Gasteiger partial charge in [-0.3, -0.25) is 14.4 Å². The Bertz CT molecular complexity index is 985. The summed E-state index contributed by atoms with van der Waals surface area (Å²) in [5.41, 5.74) is -0.129. The van der Waals surface area contributed by atoms with E-state index in [1.807, 2.05) is 42.5 Å². The zero-order chi connectivity index (χ0) is 22.6. The van der Waals surface area contributed by atoms with Crippen molar-refractivity contribution in [2.75, 3.05) is 0 Å². The molecule has 1 spiro atoms. The van der Waals surface area contributed by atoms with E-state index >= 15 is 0 Å². The molecular formula is C26H31N3O4. The second-order valence-electron chi connectivity index (χ2n) is 10.3. The van der Waals surface area contributed by atoms with Gasteiger partial charge >= 0.3 is 0 Å². The van der Waals surface area contributed by atoms with Gasteiger partial charge in [-0.1, -0.05) is 61.7 Å². The molecule has 2 bridgehead atoms. The maximum absolute atomic E-state index is 13.9. The van der Waals surface area contributed by atoms with Gasteiger partial charge < -0.3 is 20.3 Å². The third-order valence-electron chi connectivity index (χ3n) is 8.00. The van der Waals surface area contributed by atoms with Gasteiger partial charge in [-0.25, -0.2) is 0 Å². The van der Waals surface area contributed by atoms with Crippen LogP contribution < -0.4 is 10.6 Å². The summed E-state index contributed by atoms with van der Waals surface area (Å²) in [6, 6.07) is 9.27. The summed E-state index contributed by atoms with van der Waals surface area (Å²) < 4.78 is 6.39. The Morgan fingerprint density at radius 3 is 2.39 bits per heavy atom. The first-order chi connectivity index (χ1) is 16.1. The zero-order valence-electron chi connectivity index (χ0n) is 18.7. The van der Waals surface area contributed by atoms with E-state index < -0.39 is 29.6 Å². The number of likely N-dealkylation sites (tertiary alicyclic amines) is 1. The standard InChI is InChI=1S/C26H31N3O4/c30-23(27-18-11-12-18)20-19-13-14-26(33-19)21(20)25(32)29(15-16-7-3-1-4-8-16)22(26)24(31)28-17-9-5-2-6-10-17/h1,3-4,7-8,13-14,17-22H,2,5-6,9-12,15H2,(H,27,30)(H,28,31)/t19-,20-,21-,22-,26-/m1/s1. The van der Waals surface area contributed by atoms with Crippen LogP contribution in [0.25, 0.3) is 0 Å². The van der Waals surface area contributed by atoms with Gasteiger partial charge in [-0.05, 0) is 31.2 Å². The van der Waals surface area contributed by atoms with Crippen LogP contribution in [0.5, 0.6) is 0 Å². The molecule has 33 heavy (non-hydrogen) atoms. The van der Waals surface area contributed by atoms with Crippen LogP contribution in [-0.2, 0) is 25.7 Å². The van der Waals surface area contributed by atoms with Crippen molar-refractivity contribution in [3.8, 4) is 0 Å². The Morgan fingerprint density at radius 1 is 0.970 bits per heavy atom. The van der Waals surface area contributed by atoms with Crippen molar-refractivity contribution < 1.29 is 19.1 Å². The number of hydrogen-bond acceptors (Lipinski definition) is 4. The predicted octanol–water partition coefficient (Wildman–Crippen LogP) is 2.06.